The number of para-hydroxylation sites is 1. The van der Waals surface area contributed by atoms with Crippen molar-refractivity contribution < 1.29 is 4.79 Å². The third-order valence-corrected chi connectivity index (χ3v) is 5.65. The van der Waals surface area contributed by atoms with Crippen LogP contribution in [0.25, 0.3) is 5.82 Å². The summed E-state index contributed by atoms with van der Waals surface area (Å²) < 4.78 is 1.82. The van der Waals surface area contributed by atoms with Crippen LogP contribution in [-0.2, 0) is 11.2 Å². The van der Waals surface area contributed by atoms with E-state index in [2.05, 4.69) is 32.2 Å². The molecule has 0 radical (unpaired) electrons. The van der Waals surface area contributed by atoms with E-state index >= 15 is 0 Å². The first-order valence-electron chi connectivity index (χ1n) is 9.76. The number of carbonyl (C=O) groups excluding carboxylic acids is 1. The van der Waals surface area contributed by atoms with Crippen LogP contribution in [0.15, 0.2) is 55.1 Å². The Bertz CT molecular complexity index is 969. The summed E-state index contributed by atoms with van der Waals surface area (Å²) in [5.41, 5.74) is 2.35. The number of benzene rings is 1. The van der Waals surface area contributed by atoms with E-state index in [1.165, 1.54) is 5.56 Å². The first-order valence-corrected chi connectivity index (χ1v) is 9.76. The average molecular weight is 374 g/mol. The summed E-state index contributed by atoms with van der Waals surface area (Å²) in [6.07, 6.45) is 8.11. The number of imidazole rings is 1. The molecule has 0 N–H and O–H groups in total. The fraction of sp³-hybridized carbons (Fsp3) is 0.333. The van der Waals surface area contributed by atoms with Crippen molar-refractivity contribution in [3.63, 3.8) is 0 Å². The van der Waals surface area contributed by atoms with Crippen molar-refractivity contribution in [1.29, 1.82) is 0 Å². The molecular weight excluding hydrogens is 352 g/mol. The van der Waals surface area contributed by atoms with Crippen LogP contribution < -0.4 is 9.80 Å². The molecule has 7 nitrogen and oxygen atoms in total. The molecule has 1 unspecified atom stereocenters. The lowest BCUT2D eigenvalue weighted by molar-refractivity contribution is -0.122. The molecule has 5 rings (SSSR count). The van der Waals surface area contributed by atoms with Crippen LogP contribution in [0.1, 0.15) is 18.4 Å². The van der Waals surface area contributed by atoms with Crippen molar-refractivity contribution in [1.82, 2.24) is 19.7 Å². The number of fused-ring (bicyclic) bond motifs is 1. The number of rotatable bonds is 3. The number of carbonyl (C=O) groups is 1. The number of aromatic nitrogens is 4. The van der Waals surface area contributed by atoms with Gasteiger partial charge in [0, 0.05) is 37.7 Å². The van der Waals surface area contributed by atoms with Crippen molar-refractivity contribution in [3.05, 3.63) is 60.7 Å². The largest absolute Gasteiger partial charge is 0.354 e. The number of anilines is 2. The number of amides is 1. The predicted octanol–water partition coefficient (Wildman–Crippen LogP) is 2.47. The Labute approximate surface area is 163 Å². The highest BCUT2D eigenvalue weighted by Crippen LogP contribution is 2.31. The zero-order chi connectivity index (χ0) is 18.9. The molecule has 1 fully saturated rings. The maximum atomic E-state index is 13.2. The second kappa shape index (κ2) is 7.07. The normalized spacial score (nSPS) is 18.9. The van der Waals surface area contributed by atoms with Gasteiger partial charge in [-0.15, -0.1) is 10.2 Å². The van der Waals surface area contributed by atoms with Gasteiger partial charge in [0.25, 0.3) is 0 Å². The van der Waals surface area contributed by atoms with Gasteiger partial charge < -0.3 is 9.80 Å². The molecule has 1 amide bonds. The van der Waals surface area contributed by atoms with Crippen LogP contribution in [0.5, 0.6) is 0 Å². The summed E-state index contributed by atoms with van der Waals surface area (Å²) in [4.78, 5) is 21.4. The zero-order valence-corrected chi connectivity index (χ0v) is 15.6. The molecule has 2 aliphatic heterocycles. The van der Waals surface area contributed by atoms with Crippen molar-refractivity contribution in [2.24, 2.45) is 5.92 Å². The van der Waals surface area contributed by atoms with Gasteiger partial charge in [0.2, 0.25) is 5.91 Å². The fourth-order valence-corrected chi connectivity index (χ4v) is 4.19. The SMILES string of the molecule is O=C(C1CCCN(c2ccc(-n3ccnc3)nn2)C1)N1CCc2ccccc21. The molecule has 1 atom stereocenters. The Morgan fingerprint density at radius 3 is 2.71 bits per heavy atom. The minimum atomic E-state index is -0.00460. The summed E-state index contributed by atoms with van der Waals surface area (Å²) in [6.45, 7) is 2.38. The molecule has 0 spiro atoms. The third-order valence-electron chi connectivity index (χ3n) is 5.65. The molecule has 3 aromatic rings. The van der Waals surface area contributed by atoms with Gasteiger partial charge >= 0.3 is 0 Å². The van der Waals surface area contributed by atoms with Crippen LogP contribution in [0.2, 0.25) is 0 Å². The second-order valence-electron chi connectivity index (χ2n) is 7.37. The lowest BCUT2D eigenvalue weighted by Gasteiger charge is -2.34. The molecule has 142 valence electrons. The summed E-state index contributed by atoms with van der Waals surface area (Å²) in [5, 5.41) is 8.70. The Morgan fingerprint density at radius 1 is 1.04 bits per heavy atom. The van der Waals surface area contributed by atoms with Crippen molar-refractivity contribution in [3.8, 4) is 5.82 Å². The highest BCUT2D eigenvalue weighted by molar-refractivity contribution is 5.97. The highest BCUT2D eigenvalue weighted by atomic mass is 16.2. The Kier molecular flexibility index (Phi) is 4.27. The fourth-order valence-electron chi connectivity index (χ4n) is 4.19. The van der Waals surface area contributed by atoms with E-state index in [-0.39, 0.29) is 11.8 Å². The molecule has 0 aliphatic carbocycles. The van der Waals surface area contributed by atoms with E-state index in [1.54, 1.807) is 12.5 Å². The summed E-state index contributed by atoms with van der Waals surface area (Å²) in [5.74, 6) is 1.79. The van der Waals surface area contributed by atoms with Crippen molar-refractivity contribution in [2.45, 2.75) is 19.3 Å². The van der Waals surface area contributed by atoms with Gasteiger partial charge in [-0.25, -0.2) is 4.98 Å². The maximum Gasteiger partial charge on any atom is 0.231 e. The summed E-state index contributed by atoms with van der Waals surface area (Å²) >= 11 is 0. The molecule has 2 aliphatic rings. The predicted molar refractivity (Wildman–Crippen MR) is 107 cm³/mol. The molecule has 1 aromatic carbocycles. The smallest absolute Gasteiger partial charge is 0.231 e. The molecule has 1 saturated heterocycles. The van der Waals surface area contributed by atoms with E-state index in [1.807, 2.05) is 39.9 Å². The molecular formula is C21H22N6O. The number of piperidine rings is 1. The molecule has 7 heteroatoms. The lowest BCUT2D eigenvalue weighted by atomic mass is 9.96. The standard InChI is InChI=1S/C21H22N6O/c28-21(27-12-9-16-4-1-2-6-18(16)27)17-5-3-11-25(14-17)19-7-8-20(24-23-19)26-13-10-22-15-26/h1-2,4,6-8,10,13,15,17H,3,5,9,11-12,14H2. The van der Waals surface area contributed by atoms with Crippen LogP contribution in [-0.4, -0.2) is 45.3 Å². The quantitative estimate of drug-likeness (QED) is 0.705. The Morgan fingerprint density at radius 2 is 1.89 bits per heavy atom. The number of nitrogens with zero attached hydrogens (tertiary/aromatic N) is 6. The van der Waals surface area contributed by atoms with E-state index < -0.39 is 0 Å². The second-order valence-corrected chi connectivity index (χ2v) is 7.37. The van der Waals surface area contributed by atoms with Gasteiger partial charge in [-0.05, 0) is 43.0 Å². The van der Waals surface area contributed by atoms with Crippen LogP contribution in [0, 0.1) is 5.92 Å². The molecule has 0 saturated carbocycles. The first-order chi connectivity index (χ1) is 13.8. The maximum absolute atomic E-state index is 13.2. The van der Waals surface area contributed by atoms with Crippen molar-refractivity contribution >= 4 is 17.4 Å². The van der Waals surface area contributed by atoms with E-state index in [9.17, 15) is 4.79 Å². The van der Waals surface area contributed by atoms with Gasteiger partial charge in [-0.3, -0.25) is 9.36 Å². The van der Waals surface area contributed by atoms with Crippen LogP contribution in [0.3, 0.4) is 0 Å². The lowest BCUT2D eigenvalue weighted by Crippen LogP contribution is -2.45. The van der Waals surface area contributed by atoms with Gasteiger partial charge in [0.05, 0.1) is 5.92 Å². The number of hydrogen-bond donors (Lipinski definition) is 0. The average Bonchev–Trinajstić information content (AvgIpc) is 3.44. The summed E-state index contributed by atoms with van der Waals surface area (Å²) in [7, 11) is 0. The molecule has 4 heterocycles. The van der Waals surface area contributed by atoms with Gasteiger partial charge in [-0.2, -0.15) is 0 Å². The van der Waals surface area contributed by atoms with E-state index in [0.717, 1.165) is 49.7 Å². The Balaban J connectivity index is 1.31. The minimum Gasteiger partial charge on any atom is -0.354 e. The zero-order valence-electron chi connectivity index (χ0n) is 15.6. The van der Waals surface area contributed by atoms with E-state index in [0.29, 0.717) is 6.54 Å². The molecule has 2 aromatic heterocycles. The van der Waals surface area contributed by atoms with Gasteiger partial charge in [0.15, 0.2) is 11.6 Å². The van der Waals surface area contributed by atoms with E-state index in [4.69, 9.17) is 0 Å². The topological polar surface area (TPSA) is 67.2 Å². The summed E-state index contributed by atoms with van der Waals surface area (Å²) in [6, 6.07) is 12.1. The Hall–Kier alpha value is -3.22. The van der Waals surface area contributed by atoms with Gasteiger partial charge in [0.1, 0.15) is 6.33 Å². The number of hydrogen-bond acceptors (Lipinski definition) is 5. The monoisotopic (exact) mass is 374 g/mol. The van der Waals surface area contributed by atoms with Crippen molar-refractivity contribution in [2.75, 3.05) is 29.4 Å². The highest BCUT2D eigenvalue weighted by Gasteiger charge is 2.33. The molecule has 0 bridgehead atoms. The minimum absolute atomic E-state index is 0.00460. The van der Waals surface area contributed by atoms with Crippen LogP contribution in [0.4, 0.5) is 11.5 Å². The first kappa shape index (κ1) is 16.9. The van der Waals surface area contributed by atoms with Gasteiger partial charge in [-0.1, -0.05) is 18.2 Å². The van der Waals surface area contributed by atoms with Crippen LogP contribution >= 0.6 is 0 Å². The molecule has 28 heavy (non-hydrogen) atoms. The third kappa shape index (κ3) is 3.02.